The van der Waals surface area contributed by atoms with Gasteiger partial charge >= 0.3 is 11.9 Å². The molecule has 21 heavy (non-hydrogen) atoms. The van der Waals surface area contributed by atoms with Crippen molar-refractivity contribution in [2.24, 2.45) is 0 Å². The van der Waals surface area contributed by atoms with Gasteiger partial charge in [-0.05, 0) is 24.3 Å². The number of hydrogen-bond donors (Lipinski definition) is 0. The van der Waals surface area contributed by atoms with E-state index in [0.717, 1.165) is 0 Å². The van der Waals surface area contributed by atoms with Gasteiger partial charge in [-0.3, -0.25) is 0 Å². The monoisotopic (exact) mass is 305 g/mol. The Bertz CT molecular complexity index is 631. The van der Waals surface area contributed by atoms with Gasteiger partial charge in [0.1, 0.15) is 18.4 Å². The molecule has 1 heterocycles. The number of pyridine rings is 1. The summed E-state index contributed by atoms with van der Waals surface area (Å²) in [4.78, 5) is 27.1. The van der Waals surface area contributed by atoms with E-state index < -0.39 is 11.9 Å². The van der Waals surface area contributed by atoms with Gasteiger partial charge in [0.2, 0.25) is 0 Å². The van der Waals surface area contributed by atoms with Crippen LogP contribution in [0.2, 0.25) is 5.15 Å². The van der Waals surface area contributed by atoms with Crippen molar-refractivity contribution in [2.45, 2.75) is 0 Å². The van der Waals surface area contributed by atoms with Gasteiger partial charge in [-0.25, -0.2) is 14.6 Å². The van der Waals surface area contributed by atoms with Gasteiger partial charge in [0.05, 0.1) is 11.1 Å². The number of carbonyl (C=O) groups excluding carboxylic acids is 2. The highest BCUT2D eigenvalue weighted by Gasteiger charge is 2.12. The van der Waals surface area contributed by atoms with Gasteiger partial charge in [0.25, 0.3) is 0 Å². The first-order valence-electron chi connectivity index (χ1n) is 6.18. The van der Waals surface area contributed by atoms with Crippen molar-refractivity contribution in [3.05, 3.63) is 64.9 Å². The molecule has 0 aliphatic carbocycles. The summed E-state index contributed by atoms with van der Waals surface area (Å²) in [6.07, 6.45) is 1.47. The first-order valence-corrected chi connectivity index (χ1v) is 6.56. The summed E-state index contributed by atoms with van der Waals surface area (Å²) in [6, 6.07) is 11.7. The van der Waals surface area contributed by atoms with Gasteiger partial charge in [0.15, 0.2) is 0 Å². The molecule has 0 radical (unpaired) electrons. The van der Waals surface area contributed by atoms with E-state index in [1.807, 2.05) is 0 Å². The van der Waals surface area contributed by atoms with Gasteiger partial charge in [-0.15, -0.1) is 0 Å². The van der Waals surface area contributed by atoms with Crippen LogP contribution in [0.5, 0.6) is 0 Å². The minimum Gasteiger partial charge on any atom is -0.458 e. The smallest absolute Gasteiger partial charge is 0.341 e. The van der Waals surface area contributed by atoms with Crippen molar-refractivity contribution in [1.82, 2.24) is 4.98 Å². The Balaban J connectivity index is 1.76. The van der Waals surface area contributed by atoms with E-state index in [1.54, 1.807) is 36.4 Å². The summed E-state index contributed by atoms with van der Waals surface area (Å²) in [6.45, 7) is -0.0834. The fourth-order valence-corrected chi connectivity index (χ4v) is 1.74. The molecule has 0 aliphatic rings. The molecule has 5 nitrogen and oxygen atoms in total. The Kier molecular flexibility index (Phi) is 5.29. The van der Waals surface area contributed by atoms with Crippen molar-refractivity contribution in [3.8, 4) is 0 Å². The van der Waals surface area contributed by atoms with E-state index >= 15 is 0 Å². The Hall–Kier alpha value is -2.40. The summed E-state index contributed by atoms with van der Waals surface area (Å²) >= 11 is 5.77. The predicted octanol–water partition coefficient (Wildman–Crippen LogP) is 2.75. The third-order valence-corrected chi connectivity index (χ3v) is 2.84. The molecule has 0 bridgehead atoms. The molecule has 2 rings (SSSR count). The number of nitrogens with zero attached hydrogens (tertiary/aromatic N) is 1. The molecule has 0 aliphatic heterocycles. The average Bonchev–Trinajstić information content (AvgIpc) is 2.52. The predicted molar refractivity (Wildman–Crippen MR) is 76.3 cm³/mol. The van der Waals surface area contributed by atoms with Crippen LogP contribution in [0.4, 0.5) is 0 Å². The first-order chi connectivity index (χ1) is 10.2. The lowest BCUT2D eigenvalue weighted by molar-refractivity contribution is 0.0265. The van der Waals surface area contributed by atoms with Gasteiger partial charge in [-0.1, -0.05) is 29.8 Å². The Morgan fingerprint density at radius 2 is 1.62 bits per heavy atom. The van der Waals surface area contributed by atoms with Crippen LogP contribution >= 0.6 is 11.6 Å². The number of benzene rings is 1. The third kappa shape index (κ3) is 4.29. The number of rotatable bonds is 5. The molecule has 0 spiro atoms. The molecule has 0 saturated heterocycles. The molecular formula is C15H12ClNO4. The number of ether oxygens (including phenoxy) is 2. The van der Waals surface area contributed by atoms with Crippen LogP contribution < -0.4 is 0 Å². The molecule has 2 aromatic rings. The topological polar surface area (TPSA) is 65.5 Å². The molecule has 0 fully saturated rings. The minimum atomic E-state index is -0.608. The largest absolute Gasteiger partial charge is 0.458 e. The van der Waals surface area contributed by atoms with Crippen molar-refractivity contribution in [2.75, 3.05) is 13.2 Å². The molecule has 1 aromatic carbocycles. The van der Waals surface area contributed by atoms with E-state index in [-0.39, 0.29) is 23.9 Å². The van der Waals surface area contributed by atoms with Crippen molar-refractivity contribution >= 4 is 23.5 Å². The highest BCUT2D eigenvalue weighted by molar-refractivity contribution is 6.32. The van der Waals surface area contributed by atoms with E-state index in [9.17, 15) is 9.59 Å². The maximum Gasteiger partial charge on any atom is 0.341 e. The quantitative estimate of drug-likeness (QED) is 0.483. The number of esters is 2. The van der Waals surface area contributed by atoms with Gasteiger partial charge in [0, 0.05) is 6.20 Å². The van der Waals surface area contributed by atoms with Crippen molar-refractivity contribution in [3.63, 3.8) is 0 Å². The maximum atomic E-state index is 11.7. The Labute approximate surface area is 126 Å². The van der Waals surface area contributed by atoms with Gasteiger partial charge < -0.3 is 9.47 Å². The van der Waals surface area contributed by atoms with Crippen LogP contribution in [0.3, 0.4) is 0 Å². The number of carbonyl (C=O) groups is 2. The molecule has 0 atom stereocenters. The molecule has 0 saturated carbocycles. The normalized spacial score (nSPS) is 9.95. The molecule has 0 unspecified atom stereocenters. The fraction of sp³-hybridized carbons (Fsp3) is 0.133. The summed E-state index contributed by atoms with van der Waals surface area (Å²) < 4.78 is 9.93. The van der Waals surface area contributed by atoms with Gasteiger partial charge in [-0.2, -0.15) is 0 Å². The van der Waals surface area contributed by atoms with E-state index in [1.165, 1.54) is 12.3 Å². The molecular weight excluding hydrogens is 294 g/mol. The lowest BCUT2D eigenvalue weighted by Crippen LogP contribution is -2.14. The average molecular weight is 306 g/mol. The summed E-state index contributed by atoms with van der Waals surface area (Å²) in [5.41, 5.74) is 0.618. The zero-order valence-corrected chi connectivity index (χ0v) is 11.7. The van der Waals surface area contributed by atoms with Crippen LogP contribution in [0.25, 0.3) is 0 Å². The summed E-state index contributed by atoms with van der Waals surface area (Å²) in [7, 11) is 0. The second-order valence-corrected chi connectivity index (χ2v) is 4.34. The lowest BCUT2D eigenvalue weighted by Gasteiger charge is -2.07. The molecule has 108 valence electrons. The minimum absolute atomic E-state index is 0.0304. The molecule has 1 aromatic heterocycles. The SMILES string of the molecule is O=C(OCCOC(=O)c1cccnc1Cl)c1ccccc1. The standard InChI is InChI=1S/C15H12ClNO4/c16-13-12(7-4-8-17-13)15(19)21-10-9-20-14(18)11-5-2-1-3-6-11/h1-8H,9-10H2. The fourth-order valence-electron chi connectivity index (χ4n) is 1.54. The highest BCUT2D eigenvalue weighted by atomic mass is 35.5. The van der Waals surface area contributed by atoms with Crippen molar-refractivity contribution < 1.29 is 19.1 Å². The number of halogens is 1. The van der Waals surface area contributed by atoms with Crippen LogP contribution in [0.1, 0.15) is 20.7 Å². The van der Waals surface area contributed by atoms with E-state index in [0.29, 0.717) is 5.56 Å². The molecule has 0 amide bonds. The van der Waals surface area contributed by atoms with Crippen molar-refractivity contribution in [1.29, 1.82) is 0 Å². The molecule has 0 N–H and O–H groups in total. The van der Waals surface area contributed by atoms with E-state index in [4.69, 9.17) is 21.1 Å². The van der Waals surface area contributed by atoms with Crippen LogP contribution in [-0.2, 0) is 9.47 Å². The number of aromatic nitrogens is 1. The summed E-state index contributed by atoms with van der Waals surface area (Å²) in [5, 5.41) is 0.0729. The first kappa shape index (κ1) is 15.0. The highest BCUT2D eigenvalue weighted by Crippen LogP contribution is 2.12. The maximum absolute atomic E-state index is 11.7. The van der Waals surface area contributed by atoms with Crippen LogP contribution in [0, 0.1) is 0 Å². The number of hydrogen-bond acceptors (Lipinski definition) is 5. The van der Waals surface area contributed by atoms with Crippen LogP contribution in [0.15, 0.2) is 48.7 Å². The summed E-state index contributed by atoms with van der Waals surface area (Å²) in [5.74, 6) is -1.07. The Morgan fingerprint density at radius 1 is 0.952 bits per heavy atom. The lowest BCUT2D eigenvalue weighted by atomic mass is 10.2. The Morgan fingerprint density at radius 3 is 2.29 bits per heavy atom. The van der Waals surface area contributed by atoms with Crippen LogP contribution in [-0.4, -0.2) is 30.1 Å². The third-order valence-electron chi connectivity index (χ3n) is 2.54. The molecule has 6 heteroatoms. The second kappa shape index (κ2) is 7.40. The second-order valence-electron chi connectivity index (χ2n) is 3.98. The zero-order chi connectivity index (χ0) is 15.1. The zero-order valence-electron chi connectivity index (χ0n) is 11.0. The van der Waals surface area contributed by atoms with E-state index in [2.05, 4.69) is 4.98 Å².